The monoisotopic (exact) mass is 260 g/mol. The maximum atomic E-state index is 11.0. The number of allylic oxidation sites excluding steroid dienone is 1. The second-order valence-electron chi connectivity index (χ2n) is 2.08. The molecule has 0 aromatic rings. The first-order chi connectivity index (χ1) is 6.31. The van der Waals surface area contributed by atoms with Gasteiger partial charge in [-0.1, -0.05) is 34.8 Å². The Morgan fingerprint density at radius 1 is 1.07 bits per heavy atom. The van der Waals surface area contributed by atoms with Gasteiger partial charge in [0, 0.05) is 0 Å². The highest BCUT2D eigenvalue weighted by Gasteiger charge is 2.26. The van der Waals surface area contributed by atoms with Crippen molar-refractivity contribution in [2.45, 2.75) is 3.79 Å². The third-order valence-electron chi connectivity index (χ3n) is 1.12. The lowest BCUT2D eigenvalue weighted by atomic mass is 10.2. The molecule has 0 saturated carbocycles. The standard InChI is InChI=1S/C7H7Cl3O4/c1-13-5(11)4(6(12)14-2)3-7(8,9)10/h3H,1-2H3. The van der Waals surface area contributed by atoms with Crippen LogP contribution in [0.3, 0.4) is 0 Å². The van der Waals surface area contributed by atoms with E-state index in [9.17, 15) is 9.59 Å². The van der Waals surface area contributed by atoms with Crippen molar-refractivity contribution in [3.63, 3.8) is 0 Å². The fraction of sp³-hybridized carbons (Fsp3) is 0.429. The lowest BCUT2D eigenvalue weighted by Gasteiger charge is -2.07. The highest BCUT2D eigenvalue weighted by Crippen LogP contribution is 2.29. The Balaban J connectivity index is 5.01. The van der Waals surface area contributed by atoms with Gasteiger partial charge in [-0.25, -0.2) is 9.59 Å². The fourth-order valence-electron chi connectivity index (χ4n) is 0.585. The van der Waals surface area contributed by atoms with Crippen LogP contribution in [0.5, 0.6) is 0 Å². The zero-order valence-corrected chi connectivity index (χ0v) is 9.61. The number of ether oxygens (including phenoxy) is 2. The zero-order chi connectivity index (χ0) is 11.4. The zero-order valence-electron chi connectivity index (χ0n) is 7.34. The highest BCUT2D eigenvalue weighted by atomic mass is 35.6. The number of rotatable bonds is 2. The first kappa shape index (κ1) is 13.5. The molecule has 0 aliphatic heterocycles. The second-order valence-corrected chi connectivity index (χ2v) is 4.45. The Bertz CT molecular complexity index is 249. The number of methoxy groups -OCH3 is 2. The number of halogens is 3. The molecule has 0 unspecified atom stereocenters. The Morgan fingerprint density at radius 2 is 1.43 bits per heavy atom. The SMILES string of the molecule is COC(=O)C(=CC(Cl)(Cl)Cl)C(=O)OC. The molecule has 0 heterocycles. The molecule has 7 heteroatoms. The Hall–Kier alpha value is -0.450. The molecule has 0 saturated heterocycles. The van der Waals surface area contributed by atoms with E-state index in [1.807, 2.05) is 0 Å². The molecule has 14 heavy (non-hydrogen) atoms. The molecule has 0 atom stereocenters. The second kappa shape index (κ2) is 5.44. The summed E-state index contributed by atoms with van der Waals surface area (Å²) in [5.74, 6) is -1.86. The summed E-state index contributed by atoms with van der Waals surface area (Å²) >= 11 is 16.1. The van der Waals surface area contributed by atoms with Gasteiger partial charge in [0.2, 0.25) is 3.79 Å². The molecule has 0 radical (unpaired) electrons. The third kappa shape index (κ3) is 4.69. The lowest BCUT2D eigenvalue weighted by molar-refractivity contribution is -0.144. The van der Waals surface area contributed by atoms with Crippen molar-refractivity contribution < 1.29 is 19.1 Å². The average Bonchev–Trinajstić information content (AvgIpc) is 2.10. The molecule has 0 aliphatic rings. The molecule has 80 valence electrons. The number of esters is 2. The van der Waals surface area contributed by atoms with Gasteiger partial charge in [0.1, 0.15) is 5.57 Å². The van der Waals surface area contributed by atoms with Crippen LogP contribution in [-0.2, 0) is 19.1 Å². The largest absolute Gasteiger partial charge is 0.465 e. The van der Waals surface area contributed by atoms with Crippen LogP contribution >= 0.6 is 34.8 Å². The summed E-state index contributed by atoms with van der Waals surface area (Å²) in [5, 5.41) is 0. The molecule has 0 fully saturated rings. The van der Waals surface area contributed by atoms with E-state index in [2.05, 4.69) is 9.47 Å². The van der Waals surface area contributed by atoms with Gasteiger partial charge < -0.3 is 9.47 Å². The number of carbonyl (C=O) groups excluding carboxylic acids is 2. The number of hydrogen-bond donors (Lipinski definition) is 0. The van der Waals surface area contributed by atoms with Gasteiger partial charge in [-0.05, 0) is 6.08 Å². The molecular weight excluding hydrogens is 254 g/mol. The minimum absolute atomic E-state index is 0.463. The molecule has 0 rings (SSSR count). The predicted octanol–water partition coefficient (Wildman–Crippen LogP) is 1.63. The minimum atomic E-state index is -1.86. The van der Waals surface area contributed by atoms with Crippen molar-refractivity contribution in [3.05, 3.63) is 11.6 Å². The van der Waals surface area contributed by atoms with Gasteiger partial charge in [0.15, 0.2) is 0 Å². The molecule has 0 N–H and O–H groups in total. The van der Waals surface area contributed by atoms with Crippen LogP contribution in [0.25, 0.3) is 0 Å². The normalized spacial score (nSPS) is 10.4. The van der Waals surface area contributed by atoms with Crippen molar-refractivity contribution in [2.24, 2.45) is 0 Å². The predicted molar refractivity (Wildman–Crippen MR) is 52.4 cm³/mol. The Kier molecular flexibility index (Phi) is 5.26. The van der Waals surface area contributed by atoms with E-state index in [1.165, 1.54) is 0 Å². The number of hydrogen-bond acceptors (Lipinski definition) is 4. The van der Waals surface area contributed by atoms with Gasteiger partial charge in [0.05, 0.1) is 14.2 Å². The van der Waals surface area contributed by atoms with Gasteiger partial charge >= 0.3 is 11.9 Å². The lowest BCUT2D eigenvalue weighted by Crippen LogP contribution is -2.18. The van der Waals surface area contributed by atoms with E-state index >= 15 is 0 Å². The Labute approximate surface area is 95.7 Å². The van der Waals surface area contributed by atoms with E-state index < -0.39 is 21.3 Å². The van der Waals surface area contributed by atoms with Gasteiger partial charge in [-0.2, -0.15) is 0 Å². The summed E-state index contributed by atoms with van der Waals surface area (Å²) in [6, 6.07) is 0. The topological polar surface area (TPSA) is 52.6 Å². The van der Waals surface area contributed by atoms with Crippen LogP contribution in [0.1, 0.15) is 0 Å². The van der Waals surface area contributed by atoms with Gasteiger partial charge in [-0.15, -0.1) is 0 Å². The first-order valence-corrected chi connectivity index (χ1v) is 4.41. The van der Waals surface area contributed by atoms with E-state index in [-0.39, 0.29) is 0 Å². The summed E-state index contributed by atoms with van der Waals surface area (Å²) in [4.78, 5) is 22.0. The van der Waals surface area contributed by atoms with Crippen LogP contribution in [0.15, 0.2) is 11.6 Å². The quantitative estimate of drug-likeness (QED) is 0.249. The minimum Gasteiger partial charge on any atom is -0.465 e. The summed E-state index contributed by atoms with van der Waals surface area (Å²) in [6.07, 6.45) is 0.829. The summed E-state index contributed by atoms with van der Waals surface area (Å²) in [6.45, 7) is 0. The summed E-state index contributed by atoms with van der Waals surface area (Å²) in [7, 11) is 2.19. The van der Waals surface area contributed by atoms with Crippen molar-refractivity contribution in [2.75, 3.05) is 14.2 Å². The number of carbonyl (C=O) groups is 2. The van der Waals surface area contributed by atoms with Gasteiger partial charge in [-0.3, -0.25) is 0 Å². The first-order valence-electron chi connectivity index (χ1n) is 3.28. The molecule has 0 aromatic heterocycles. The van der Waals surface area contributed by atoms with Crippen LogP contribution in [0, 0.1) is 0 Å². The Morgan fingerprint density at radius 3 is 1.64 bits per heavy atom. The molecule has 0 aromatic carbocycles. The fourth-order valence-corrected chi connectivity index (χ4v) is 0.912. The van der Waals surface area contributed by atoms with Crippen LogP contribution < -0.4 is 0 Å². The van der Waals surface area contributed by atoms with Crippen LogP contribution in [0.4, 0.5) is 0 Å². The van der Waals surface area contributed by atoms with E-state index in [0.29, 0.717) is 0 Å². The molecule has 0 bridgehead atoms. The highest BCUT2D eigenvalue weighted by molar-refractivity contribution is 6.69. The smallest absolute Gasteiger partial charge is 0.345 e. The maximum absolute atomic E-state index is 11.0. The average molecular weight is 261 g/mol. The van der Waals surface area contributed by atoms with Crippen molar-refractivity contribution >= 4 is 46.7 Å². The molecule has 4 nitrogen and oxygen atoms in total. The van der Waals surface area contributed by atoms with Crippen molar-refractivity contribution in [1.82, 2.24) is 0 Å². The van der Waals surface area contributed by atoms with Gasteiger partial charge in [0.25, 0.3) is 0 Å². The van der Waals surface area contributed by atoms with Crippen molar-refractivity contribution in [3.8, 4) is 0 Å². The van der Waals surface area contributed by atoms with Crippen LogP contribution in [-0.4, -0.2) is 30.0 Å². The van der Waals surface area contributed by atoms with Crippen molar-refractivity contribution in [1.29, 1.82) is 0 Å². The third-order valence-corrected chi connectivity index (χ3v) is 1.45. The summed E-state index contributed by atoms with van der Waals surface area (Å²) in [5.41, 5.74) is -0.463. The van der Waals surface area contributed by atoms with E-state index in [4.69, 9.17) is 34.8 Å². The molecule has 0 spiro atoms. The molecule has 0 aliphatic carbocycles. The maximum Gasteiger partial charge on any atom is 0.345 e. The van der Waals surface area contributed by atoms with E-state index in [1.54, 1.807) is 0 Å². The molecular formula is C7H7Cl3O4. The van der Waals surface area contributed by atoms with E-state index in [0.717, 1.165) is 20.3 Å². The van der Waals surface area contributed by atoms with Crippen LogP contribution in [0.2, 0.25) is 0 Å². The number of alkyl halides is 3. The molecule has 0 amide bonds. The summed E-state index contributed by atoms with van der Waals surface area (Å²) < 4.78 is 6.73.